The van der Waals surface area contributed by atoms with Gasteiger partial charge in [0.2, 0.25) is 5.75 Å². The highest BCUT2D eigenvalue weighted by Crippen LogP contribution is 2.50. The van der Waals surface area contributed by atoms with E-state index in [-0.39, 0.29) is 39.5 Å². The third kappa shape index (κ3) is 3.66. The number of hydrogen-bond acceptors (Lipinski definition) is 10. The Labute approximate surface area is 187 Å². The SMILES string of the molecule is COc1c(OC)c(O)c2c(=O)cc(-c3ccc(O)cc3)oc2c1C1OC(C)C(O)C(O)C1O. The zero-order chi connectivity index (χ0) is 24.0. The lowest BCUT2D eigenvalue weighted by Gasteiger charge is -2.40. The highest BCUT2D eigenvalue weighted by Gasteiger charge is 2.45. The minimum absolute atomic E-state index is 0.0187. The second kappa shape index (κ2) is 8.56. The summed E-state index contributed by atoms with van der Waals surface area (Å²) >= 11 is 0. The van der Waals surface area contributed by atoms with Gasteiger partial charge in [0.25, 0.3) is 0 Å². The zero-order valence-electron chi connectivity index (χ0n) is 18.1. The minimum Gasteiger partial charge on any atom is -0.508 e. The van der Waals surface area contributed by atoms with Crippen LogP contribution < -0.4 is 14.9 Å². The van der Waals surface area contributed by atoms with Crippen LogP contribution in [0.5, 0.6) is 23.0 Å². The van der Waals surface area contributed by atoms with E-state index < -0.39 is 41.7 Å². The van der Waals surface area contributed by atoms with Crippen molar-refractivity contribution in [3.63, 3.8) is 0 Å². The summed E-state index contributed by atoms with van der Waals surface area (Å²) in [7, 11) is 2.55. The van der Waals surface area contributed by atoms with Gasteiger partial charge in [-0.05, 0) is 31.2 Å². The van der Waals surface area contributed by atoms with E-state index >= 15 is 0 Å². The van der Waals surface area contributed by atoms with Crippen LogP contribution in [-0.4, -0.2) is 64.2 Å². The van der Waals surface area contributed by atoms with Crippen LogP contribution in [0.25, 0.3) is 22.3 Å². The molecule has 0 saturated carbocycles. The maximum atomic E-state index is 13.1. The molecule has 0 radical (unpaired) electrons. The van der Waals surface area contributed by atoms with Crippen molar-refractivity contribution >= 4 is 11.0 Å². The molecular formula is C23H24O10. The molecule has 0 amide bonds. The van der Waals surface area contributed by atoms with Crippen LogP contribution in [0, 0.1) is 0 Å². The van der Waals surface area contributed by atoms with Gasteiger partial charge >= 0.3 is 0 Å². The third-order valence-electron chi connectivity index (χ3n) is 5.79. The van der Waals surface area contributed by atoms with Gasteiger partial charge in [-0.3, -0.25) is 4.79 Å². The lowest BCUT2D eigenvalue weighted by atomic mass is 9.89. The Hall–Kier alpha value is -3.31. The fraction of sp³-hybridized carbons (Fsp3) is 0.348. The van der Waals surface area contributed by atoms with E-state index in [2.05, 4.69) is 0 Å². The summed E-state index contributed by atoms with van der Waals surface area (Å²) in [5.41, 5.74) is -0.287. The molecule has 176 valence electrons. The summed E-state index contributed by atoms with van der Waals surface area (Å²) in [4.78, 5) is 13.1. The topological polar surface area (TPSA) is 159 Å². The molecule has 1 aliphatic rings. The van der Waals surface area contributed by atoms with Gasteiger partial charge < -0.3 is 44.2 Å². The first-order valence-electron chi connectivity index (χ1n) is 10.1. The summed E-state index contributed by atoms with van der Waals surface area (Å²) in [5.74, 6) is -0.661. The molecule has 2 heterocycles. The molecule has 10 nitrogen and oxygen atoms in total. The number of aliphatic hydroxyl groups excluding tert-OH is 3. The van der Waals surface area contributed by atoms with Crippen LogP contribution in [0.4, 0.5) is 0 Å². The van der Waals surface area contributed by atoms with Crippen molar-refractivity contribution in [3.05, 3.63) is 46.1 Å². The first kappa shape index (κ1) is 22.9. The first-order chi connectivity index (χ1) is 15.7. The van der Waals surface area contributed by atoms with Crippen molar-refractivity contribution in [2.45, 2.75) is 37.4 Å². The average molecular weight is 460 g/mol. The molecular weight excluding hydrogens is 436 g/mol. The van der Waals surface area contributed by atoms with E-state index in [1.807, 2.05) is 0 Å². The number of phenolic OH excluding ortho intramolecular Hbond substituents is 2. The number of methoxy groups -OCH3 is 2. The fourth-order valence-corrected chi connectivity index (χ4v) is 4.06. The number of ether oxygens (including phenoxy) is 3. The van der Waals surface area contributed by atoms with Crippen molar-refractivity contribution in [1.29, 1.82) is 0 Å². The van der Waals surface area contributed by atoms with Crippen molar-refractivity contribution in [2.24, 2.45) is 0 Å². The highest BCUT2D eigenvalue weighted by molar-refractivity contribution is 5.93. The monoisotopic (exact) mass is 460 g/mol. The second-order valence-corrected chi connectivity index (χ2v) is 7.79. The predicted octanol–water partition coefficient (Wildman–Crippen LogP) is 1.43. The quantitative estimate of drug-likeness (QED) is 0.385. The van der Waals surface area contributed by atoms with Gasteiger partial charge in [0.05, 0.1) is 25.9 Å². The molecule has 1 saturated heterocycles. The zero-order valence-corrected chi connectivity index (χ0v) is 18.1. The van der Waals surface area contributed by atoms with Gasteiger partial charge in [-0.25, -0.2) is 0 Å². The lowest BCUT2D eigenvalue weighted by molar-refractivity contribution is -0.219. The number of aromatic hydroxyl groups is 2. The average Bonchev–Trinajstić information content (AvgIpc) is 2.80. The standard InChI is InChI=1S/C23H24O10/c1-9-16(26)18(28)19(29)21(32-9)15-20-14(17(27)23(31-3)22(15)30-2)12(25)8-13(33-20)10-4-6-11(24)7-5-10/h4-9,16,18-19,21,24,26-29H,1-3H3. The molecule has 0 aliphatic carbocycles. The summed E-state index contributed by atoms with van der Waals surface area (Å²) in [6.45, 7) is 1.51. The van der Waals surface area contributed by atoms with Crippen molar-refractivity contribution in [1.82, 2.24) is 0 Å². The number of rotatable bonds is 4. The van der Waals surface area contributed by atoms with Gasteiger partial charge in [-0.2, -0.15) is 0 Å². The Morgan fingerprint density at radius 1 is 0.909 bits per heavy atom. The van der Waals surface area contributed by atoms with Crippen LogP contribution in [-0.2, 0) is 4.74 Å². The van der Waals surface area contributed by atoms with Gasteiger partial charge in [0, 0.05) is 11.6 Å². The van der Waals surface area contributed by atoms with Crippen LogP contribution in [0.15, 0.2) is 39.5 Å². The Morgan fingerprint density at radius 2 is 1.55 bits per heavy atom. The molecule has 5 atom stereocenters. The molecule has 1 aliphatic heterocycles. The number of fused-ring (bicyclic) bond motifs is 1. The van der Waals surface area contributed by atoms with Crippen LogP contribution in [0.2, 0.25) is 0 Å². The van der Waals surface area contributed by atoms with Crippen molar-refractivity contribution in [3.8, 4) is 34.3 Å². The van der Waals surface area contributed by atoms with Gasteiger partial charge in [0.1, 0.15) is 41.3 Å². The minimum atomic E-state index is -1.62. The Bertz CT molecular complexity index is 1230. The molecule has 3 aromatic rings. The summed E-state index contributed by atoms with van der Waals surface area (Å²) < 4.78 is 22.5. The normalized spacial score (nSPS) is 25.2. The number of hydrogen-bond donors (Lipinski definition) is 5. The molecule has 1 aromatic heterocycles. The third-order valence-corrected chi connectivity index (χ3v) is 5.79. The maximum Gasteiger partial charge on any atom is 0.204 e. The maximum absolute atomic E-state index is 13.1. The van der Waals surface area contributed by atoms with Crippen molar-refractivity contribution in [2.75, 3.05) is 14.2 Å². The molecule has 10 heteroatoms. The summed E-state index contributed by atoms with van der Waals surface area (Å²) in [6, 6.07) is 7.07. The van der Waals surface area contributed by atoms with E-state index in [1.165, 1.54) is 51.5 Å². The van der Waals surface area contributed by atoms with Gasteiger partial charge in [0.15, 0.2) is 22.5 Å². The Balaban J connectivity index is 2.07. The van der Waals surface area contributed by atoms with E-state index in [1.54, 1.807) is 0 Å². The molecule has 2 aromatic carbocycles. The molecule has 33 heavy (non-hydrogen) atoms. The van der Waals surface area contributed by atoms with Crippen LogP contribution in [0.1, 0.15) is 18.6 Å². The number of benzene rings is 2. The predicted molar refractivity (Wildman–Crippen MR) is 116 cm³/mol. The van der Waals surface area contributed by atoms with Crippen LogP contribution >= 0.6 is 0 Å². The fourth-order valence-electron chi connectivity index (χ4n) is 4.06. The highest BCUT2D eigenvalue weighted by atomic mass is 16.5. The first-order valence-corrected chi connectivity index (χ1v) is 10.1. The van der Waals surface area contributed by atoms with Crippen molar-refractivity contribution < 1.29 is 44.2 Å². The van der Waals surface area contributed by atoms with Gasteiger partial charge in [-0.15, -0.1) is 0 Å². The second-order valence-electron chi connectivity index (χ2n) is 7.79. The van der Waals surface area contributed by atoms with E-state index in [4.69, 9.17) is 18.6 Å². The Morgan fingerprint density at radius 3 is 2.15 bits per heavy atom. The molecule has 5 unspecified atom stereocenters. The smallest absolute Gasteiger partial charge is 0.204 e. The van der Waals surface area contributed by atoms with E-state index in [0.29, 0.717) is 5.56 Å². The number of aliphatic hydroxyl groups is 3. The Kier molecular flexibility index (Phi) is 5.93. The lowest BCUT2D eigenvalue weighted by Crippen LogP contribution is -2.53. The van der Waals surface area contributed by atoms with E-state index in [9.17, 15) is 30.3 Å². The molecule has 4 rings (SSSR count). The number of phenols is 2. The molecule has 5 N–H and O–H groups in total. The summed E-state index contributed by atoms with van der Waals surface area (Å²) in [5, 5.41) is 51.3. The van der Waals surface area contributed by atoms with E-state index in [0.717, 1.165) is 0 Å². The largest absolute Gasteiger partial charge is 0.508 e. The van der Waals surface area contributed by atoms with Gasteiger partial charge in [-0.1, -0.05) is 0 Å². The molecule has 0 bridgehead atoms. The molecule has 0 spiro atoms. The molecule has 1 fully saturated rings. The summed E-state index contributed by atoms with van der Waals surface area (Å²) in [6.07, 6.45) is -6.73. The van der Waals surface area contributed by atoms with Crippen LogP contribution in [0.3, 0.4) is 0 Å².